The van der Waals surface area contributed by atoms with Crippen molar-refractivity contribution in [3.8, 4) is 5.75 Å². The van der Waals surface area contributed by atoms with Crippen LogP contribution in [0.1, 0.15) is 38.5 Å². The molecular weight excluding hydrogens is 314 g/mol. The number of nitrogens with zero attached hydrogens (tertiary/aromatic N) is 1. The first-order valence-corrected chi connectivity index (χ1v) is 8.42. The lowest BCUT2D eigenvalue weighted by molar-refractivity contribution is -0.142. The van der Waals surface area contributed by atoms with E-state index in [1.165, 1.54) is 19.3 Å². The molecule has 0 aromatic heterocycles. The zero-order chi connectivity index (χ0) is 15.4. The molecule has 1 N–H and O–H groups in total. The number of likely N-dealkylation sites (tertiary alicyclic amines) is 1. The average molecular weight is 340 g/mol. The molecule has 1 aliphatic carbocycles. The molecule has 4 nitrogen and oxygen atoms in total. The number of benzene rings is 1. The minimum absolute atomic E-state index is 0. The molecule has 1 aromatic carbocycles. The highest BCUT2D eigenvalue weighted by molar-refractivity contribution is 5.85. The maximum Gasteiger partial charge on any atom is 0.320 e. The van der Waals surface area contributed by atoms with Gasteiger partial charge in [0.2, 0.25) is 0 Å². The lowest BCUT2D eigenvalue weighted by Crippen LogP contribution is -2.43. The van der Waals surface area contributed by atoms with E-state index in [4.69, 9.17) is 4.74 Å². The first kappa shape index (κ1) is 18.1. The summed E-state index contributed by atoms with van der Waals surface area (Å²) in [4.78, 5) is 13.8. The Hall–Kier alpha value is -1.26. The second kappa shape index (κ2) is 8.55. The van der Waals surface area contributed by atoms with Crippen LogP contribution < -0.4 is 4.74 Å². The number of para-hydroxylation sites is 1. The molecule has 1 saturated carbocycles. The van der Waals surface area contributed by atoms with Crippen LogP contribution in [-0.2, 0) is 4.79 Å². The minimum Gasteiger partial charge on any atom is -0.494 e. The van der Waals surface area contributed by atoms with E-state index in [0.717, 1.165) is 31.6 Å². The molecule has 0 radical (unpaired) electrons. The second-order valence-electron chi connectivity index (χ2n) is 6.45. The highest BCUT2D eigenvalue weighted by atomic mass is 35.5. The number of hydrogen-bond donors (Lipinski definition) is 1. The maximum absolute atomic E-state index is 11.5. The second-order valence-corrected chi connectivity index (χ2v) is 6.45. The molecule has 1 aromatic rings. The number of rotatable bonds is 6. The summed E-state index contributed by atoms with van der Waals surface area (Å²) in [7, 11) is 0. The third-order valence-electron chi connectivity index (χ3n) is 5.08. The fourth-order valence-corrected chi connectivity index (χ4v) is 4.07. The monoisotopic (exact) mass is 339 g/mol. The van der Waals surface area contributed by atoms with Crippen molar-refractivity contribution in [1.29, 1.82) is 0 Å². The molecule has 0 amide bonds. The number of carboxylic acids is 1. The smallest absolute Gasteiger partial charge is 0.320 e. The van der Waals surface area contributed by atoms with Gasteiger partial charge in [-0.25, -0.2) is 0 Å². The summed E-state index contributed by atoms with van der Waals surface area (Å²) in [6.45, 7) is 1.47. The van der Waals surface area contributed by atoms with Crippen LogP contribution in [0.2, 0.25) is 0 Å². The molecule has 0 bridgehead atoms. The van der Waals surface area contributed by atoms with Gasteiger partial charge in [-0.05, 0) is 43.7 Å². The van der Waals surface area contributed by atoms with Crippen molar-refractivity contribution in [1.82, 2.24) is 4.90 Å². The summed E-state index contributed by atoms with van der Waals surface area (Å²) in [5, 5.41) is 9.49. The predicted molar refractivity (Wildman–Crippen MR) is 92.3 cm³/mol. The molecule has 128 valence electrons. The van der Waals surface area contributed by atoms with Gasteiger partial charge in [0.1, 0.15) is 11.8 Å². The third-order valence-corrected chi connectivity index (χ3v) is 5.08. The van der Waals surface area contributed by atoms with Crippen LogP contribution in [0, 0.1) is 5.92 Å². The van der Waals surface area contributed by atoms with E-state index in [0.29, 0.717) is 18.6 Å². The number of hydrogen-bond acceptors (Lipinski definition) is 3. The summed E-state index contributed by atoms with van der Waals surface area (Å²) in [6.07, 6.45) is 6.57. The van der Waals surface area contributed by atoms with Crippen molar-refractivity contribution in [2.24, 2.45) is 5.92 Å². The van der Waals surface area contributed by atoms with E-state index in [1.807, 2.05) is 30.3 Å². The van der Waals surface area contributed by atoms with E-state index in [2.05, 4.69) is 4.90 Å². The van der Waals surface area contributed by atoms with Crippen LogP contribution >= 0.6 is 12.4 Å². The molecule has 3 rings (SSSR count). The van der Waals surface area contributed by atoms with Crippen molar-refractivity contribution < 1.29 is 14.6 Å². The Kier molecular flexibility index (Phi) is 6.72. The lowest BCUT2D eigenvalue weighted by atomic mass is 9.85. The predicted octanol–water partition coefficient (Wildman–Crippen LogP) is 3.60. The van der Waals surface area contributed by atoms with E-state index in [-0.39, 0.29) is 18.4 Å². The first-order chi connectivity index (χ1) is 10.8. The quantitative estimate of drug-likeness (QED) is 0.805. The van der Waals surface area contributed by atoms with Gasteiger partial charge in [-0.1, -0.05) is 31.0 Å². The normalized spacial score (nSPS) is 27.0. The molecule has 2 aliphatic rings. The number of carbonyl (C=O) groups is 1. The molecule has 3 unspecified atom stereocenters. The molecule has 1 heterocycles. The maximum atomic E-state index is 11.5. The molecule has 0 spiro atoms. The fourth-order valence-electron chi connectivity index (χ4n) is 4.07. The van der Waals surface area contributed by atoms with Crippen molar-refractivity contribution >= 4 is 18.4 Å². The van der Waals surface area contributed by atoms with Crippen LogP contribution in [-0.4, -0.2) is 41.2 Å². The van der Waals surface area contributed by atoms with Crippen LogP contribution in [0.5, 0.6) is 5.75 Å². The third kappa shape index (κ3) is 4.39. The number of carboxylic acid groups (broad SMARTS) is 1. The SMILES string of the molecule is Cl.O=C(O)C1CC2CCCCC2N1CCCOc1ccccc1. The van der Waals surface area contributed by atoms with Gasteiger partial charge in [-0.15, -0.1) is 12.4 Å². The largest absolute Gasteiger partial charge is 0.494 e. The van der Waals surface area contributed by atoms with E-state index < -0.39 is 5.97 Å². The van der Waals surface area contributed by atoms with Crippen LogP contribution in [0.4, 0.5) is 0 Å². The van der Waals surface area contributed by atoms with Crippen molar-refractivity contribution in [3.05, 3.63) is 30.3 Å². The Labute approximate surface area is 144 Å². The lowest BCUT2D eigenvalue weighted by Gasteiger charge is -2.32. The summed E-state index contributed by atoms with van der Waals surface area (Å²) in [5.41, 5.74) is 0. The molecule has 23 heavy (non-hydrogen) atoms. The molecular formula is C18H26ClNO3. The van der Waals surface area contributed by atoms with E-state index in [9.17, 15) is 9.90 Å². The Morgan fingerprint density at radius 2 is 1.96 bits per heavy atom. The Balaban J connectivity index is 0.00000192. The van der Waals surface area contributed by atoms with Crippen LogP contribution in [0.3, 0.4) is 0 Å². The Morgan fingerprint density at radius 1 is 1.22 bits per heavy atom. The minimum atomic E-state index is -0.654. The van der Waals surface area contributed by atoms with Gasteiger partial charge < -0.3 is 9.84 Å². The first-order valence-electron chi connectivity index (χ1n) is 8.42. The van der Waals surface area contributed by atoms with Crippen molar-refractivity contribution in [2.45, 2.75) is 50.6 Å². The van der Waals surface area contributed by atoms with Gasteiger partial charge in [0, 0.05) is 12.6 Å². The van der Waals surface area contributed by atoms with Gasteiger partial charge in [0.05, 0.1) is 6.61 Å². The summed E-state index contributed by atoms with van der Waals surface area (Å²) in [5.74, 6) is 0.817. The number of halogens is 1. The van der Waals surface area contributed by atoms with E-state index >= 15 is 0 Å². The highest BCUT2D eigenvalue weighted by Crippen LogP contribution is 2.39. The standard InChI is InChI=1S/C18H25NO3.ClH/c20-18(21)17-13-14-7-4-5-10-16(14)19(17)11-6-12-22-15-8-2-1-3-9-15;/h1-3,8-9,14,16-17H,4-7,10-13H2,(H,20,21);1H. The van der Waals surface area contributed by atoms with Gasteiger partial charge >= 0.3 is 5.97 Å². The number of fused-ring (bicyclic) bond motifs is 1. The van der Waals surface area contributed by atoms with Crippen molar-refractivity contribution in [2.75, 3.05) is 13.2 Å². The van der Waals surface area contributed by atoms with Gasteiger partial charge in [0.25, 0.3) is 0 Å². The van der Waals surface area contributed by atoms with Crippen LogP contribution in [0.25, 0.3) is 0 Å². The van der Waals surface area contributed by atoms with Gasteiger partial charge in [-0.2, -0.15) is 0 Å². The fraction of sp³-hybridized carbons (Fsp3) is 0.611. The topological polar surface area (TPSA) is 49.8 Å². The molecule has 5 heteroatoms. The van der Waals surface area contributed by atoms with Gasteiger partial charge in [0.15, 0.2) is 0 Å². The van der Waals surface area contributed by atoms with E-state index in [1.54, 1.807) is 0 Å². The molecule has 2 fully saturated rings. The number of aliphatic carboxylic acids is 1. The Bertz CT molecular complexity index is 496. The summed E-state index contributed by atoms with van der Waals surface area (Å²) in [6, 6.07) is 9.99. The summed E-state index contributed by atoms with van der Waals surface area (Å²) < 4.78 is 5.72. The molecule has 1 saturated heterocycles. The zero-order valence-corrected chi connectivity index (χ0v) is 14.2. The summed E-state index contributed by atoms with van der Waals surface area (Å²) >= 11 is 0. The Morgan fingerprint density at radius 3 is 2.70 bits per heavy atom. The molecule has 3 atom stereocenters. The zero-order valence-electron chi connectivity index (χ0n) is 13.4. The average Bonchev–Trinajstić information content (AvgIpc) is 2.92. The molecule has 1 aliphatic heterocycles. The highest BCUT2D eigenvalue weighted by Gasteiger charge is 2.44. The number of ether oxygens (including phenoxy) is 1. The van der Waals surface area contributed by atoms with Gasteiger partial charge in [-0.3, -0.25) is 9.69 Å². The van der Waals surface area contributed by atoms with Crippen molar-refractivity contribution in [3.63, 3.8) is 0 Å². The van der Waals surface area contributed by atoms with Crippen LogP contribution in [0.15, 0.2) is 30.3 Å².